The molecule has 0 saturated heterocycles. The molecule has 1 saturated carbocycles. The zero-order valence-electron chi connectivity index (χ0n) is 10.7. The Kier molecular flexibility index (Phi) is 4.57. The summed E-state index contributed by atoms with van der Waals surface area (Å²) in [4.78, 5) is 2.24. The summed E-state index contributed by atoms with van der Waals surface area (Å²) >= 11 is 0. The summed E-state index contributed by atoms with van der Waals surface area (Å²) in [6.07, 6.45) is 6.09. The number of hydrogen-bond acceptors (Lipinski definition) is 2. The Labute approximate surface area is 104 Å². The zero-order valence-corrected chi connectivity index (χ0v) is 10.7. The Hall–Kier alpha value is -0.860. The van der Waals surface area contributed by atoms with E-state index < -0.39 is 0 Å². The van der Waals surface area contributed by atoms with Gasteiger partial charge in [-0.15, -0.1) is 0 Å². The first kappa shape index (κ1) is 12.6. The standard InChI is InChI=1S/C15H23NO/c1-13(17)16(15-10-6-3-7-11-15)12-14-8-4-2-5-9-14/h2,4-5,8-9,13,15,17H,3,6-7,10-12H2,1H3. The molecule has 1 aliphatic carbocycles. The molecule has 1 aromatic rings. The second-order valence-corrected chi connectivity index (χ2v) is 5.08. The van der Waals surface area contributed by atoms with E-state index in [1.807, 2.05) is 13.0 Å². The van der Waals surface area contributed by atoms with Gasteiger partial charge in [0.1, 0.15) is 6.23 Å². The average molecular weight is 233 g/mol. The first-order valence-electron chi connectivity index (χ1n) is 6.75. The molecule has 0 radical (unpaired) electrons. The van der Waals surface area contributed by atoms with Crippen molar-refractivity contribution < 1.29 is 5.11 Å². The molecule has 0 heterocycles. The lowest BCUT2D eigenvalue weighted by Gasteiger charge is -2.36. The fourth-order valence-electron chi connectivity index (χ4n) is 2.77. The van der Waals surface area contributed by atoms with Gasteiger partial charge in [-0.3, -0.25) is 4.90 Å². The van der Waals surface area contributed by atoms with Crippen LogP contribution >= 0.6 is 0 Å². The number of hydrogen-bond donors (Lipinski definition) is 1. The van der Waals surface area contributed by atoms with Crippen molar-refractivity contribution in [3.63, 3.8) is 0 Å². The van der Waals surface area contributed by atoms with Crippen LogP contribution in [0.15, 0.2) is 30.3 Å². The second-order valence-electron chi connectivity index (χ2n) is 5.08. The number of rotatable bonds is 4. The molecule has 0 bridgehead atoms. The molecule has 17 heavy (non-hydrogen) atoms. The van der Waals surface area contributed by atoms with Crippen molar-refractivity contribution in [2.45, 2.75) is 57.8 Å². The minimum Gasteiger partial charge on any atom is -0.379 e. The molecule has 2 heteroatoms. The van der Waals surface area contributed by atoms with E-state index in [1.165, 1.54) is 37.7 Å². The molecule has 1 aromatic carbocycles. The molecule has 2 rings (SSSR count). The van der Waals surface area contributed by atoms with E-state index >= 15 is 0 Å². The molecule has 1 aliphatic rings. The molecule has 1 fully saturated rings. The largest absolute Gasteiger partial charge is 0.379 e. The van der Waals surface area contributed by atoms with Crippen LogP contribution in [-0.4, -0.2) is 22.3 Å². The van der Waals surface area contributed by atoms with Crippen LogP contribution in [0.25, 0.3) is 0 Å². The SMILES string of the molecule is CC(O)N(Cc1ccccc1)C1CCCCC1. The number of aliphatic hydroxyl groups excluding tert-OH is 1. The van der Waals surface area contributed by atoms with Crippen LogP contribution in [0.2, 0.25) is 0 Å². The van der Waals surface area contributed by atoms with E-state index in [9.17, 15) is 5.11 Å². The van der Waals surface area contributed by atoms with E-state index in [2.05, 4.69) is 29.2 Å². The van der Waals surface area contributed by atoms with Gasteiger partial charge in [0.2, 0.25) is 0 Å². The number of aliphatic hydroxyl groups is 1. The first-order valence-corrected chi connectivity index (χ1v) is 6.75. The lowest BCUT2D eigenvalue weighted by atomic mass is 9.93. The van der Waals surface area contributed by atoms with Gasteiger partial charge >= 0.3 is 0 Å². The molecular weight excluding hydrogens is 210 g/mol. The molecular formula is C15H23NO. The predicted molar refractivity (Wildman–Crippen MR) is 70.5 cm³/mol. The fraction of sp³-hybridized carbons (Fsp3) is 0.600. The summed E-state index contributed by atoms with van der Waals surface area (Å²) in [7, 11) is 0. The summed E-state index contributed by atoms with van der Waals surface area (Å²) < 4.78 is 0. The lowest BCUT2D eigenvalue weighted by molar-refractivity contribution is -0.0281. The maximum absolute atomic E-state index is 9.95. The Balaban J connectivity index is 2.01. The Morgan fingerprint density at radius 3 is 2.41 bits per heavy atom. The molecule has 0 aliphatic heterocycles. The fourth-order valence-corrected chi connectivity index (χ4v) is 2.77. The summed E-state index contributed by atoms with van der Waals surface area (Å²) in [5.74, 6) is 0. The van der Waals surface area contributed by atoms with E-state index in [-0.39, 0.29) is 6.23 Å². The van der Waals surface area contributed by atoms with Crippen LogP contribution in [0, 0.1) is 0 Å². The quantitative estimate of drug-likeness (QED) is 0.807. The van der Waals surface area contributed by atoms with Crippen LogP contribution in [0.3, 0.4) is 0 Å². The van der Waals surface area contributed by atoms with E-state index in [4.69, 9.17) is 0 Å². The van der Waals surface area contributed by atoms with Gasteiger partial charge < -0.3 is 5.11 Å². The molecule has 94 valence electrons. The monoisotopic (exact) mass is 233 g/mol. The van der Waals surface area contributed by atoms with Crippen LogP contribution in [0.5, 0.6) is 0 Å². The molecule has 1 unspecified atom stereocenters. The van der Waals surface area contributed by atoms with Gasteiger partial charge in [0.25, 0.3) is 0 Å². The van der Waals surface area contributed by atoms with Crippen molar-refractivity contribution in [1.29, 1.82) is 0 Å². The minimum absolute atomic E-state index is 0.349. The Morgan fingerprint density at radius 2 is 1.82 bits per heavy atom. The van der Waals surface area contributed by atoms with Gasteiger partial charge in [-0.1, -0.05) is 49.6 Å². The van der Waals surface area contributed by atoms with Gasteiger partial charge in [0.15, 0.2) is 0 Å². The summed E-state index contributed by atoms with van der Waals surface area (Å²) in [6.45, 7) is 2.75. The number of nitrogens with zero attached hydrogens (tertiary/aromatic N) is 1. The zero-order chi connectivity index (χ0) is 12.1. The second kappa shape index (κ2) is 6.18. The normalized spacial score (nSPS) is 19.5. The topological polar surface area (TPSA) is 23.5 Å². The van der Waals surface area contributed by atoms with Crippen molar-refractivity contribution in [2.75, 3.05) is 0 Å². The molecule has 0 aromatic heterocycles. The molecule has 2 nitrogen and oxygen atoms in total. The summed E-state index contributed by atoms with van der Waals surface area (Å²) in [5.41, 5.74) is 1.29. The Bertz CT molecular complexity index is 317. The third-order valence-electron chi connectivity index (χ3n) is 3.73. The van der Waals surface area contributed by atoms with Crippen LogP contribution in [-0.2, 0) is 6.54 Å². The summed E-state index contributed by atoms with van der Waals surface area (Å²) in [5, 5.41) is 9.95. The van der Waals surface area contributed by atoms with E-state index in [1.54, 1.807) is 0 Å². The average Bonchev–Trinajstić information content (AvgIpc) is 2.38. The van der Waals surface area contributed by atoms with E-state index in [0.717, 1.165) is 6.54 Å². The van der Waals surface area contributed by atoms with Crippen LogP contribution in [0.1, 0.15) is 44.6 Å². The number of benzene rings is 1. The molecule has 0 amide bonds. The highest BCUT2D eigenvalue weighted by molar-refractivity contribution is 5.14. The molecule has 1 N–H and O–H groups in total. The molecule has 1 atom stereocenters. The van der Waals surface area contributed by atoms with Crippen molar-refractivity contribution >= 4 is 0 Å². The highest BCUT2D eigenvalue weighted by Gasteiger charge is 2.24. The third-order valence-corrected chi connectivity index (χ3v) is 3.73. The first-order chi connectivity index (χ1) is 8.27. The minimum atomic E-state index is -0.349. The van der Waals surface area contributed by atoms with Crippen molar-refractivity contribution in [1.82, 2.24) is 4.90 Å². The smallest absolute Gasteiger partial charge is 0.105 e. The van der Waals surface area contributed by atoms with Crippen LogP contribution in [0.4, 0.5) is 0 Å². The third kappa shape index (κ3) is 3.55. The maximum atomic E-state index is 9.95. The van der Waals surface area contributed by atoms with Gasteiger partial charge in [-0.05, 0) is 25.3 Å². The van der Waals surface area contributed by atoms with Crippen molar-refractivity contribution in [3.8, 4) is 0 Å². The summed E-state index contributed by atoms with van der Waals surface area (Å²) in [6, 6.07) is 11.0. The van der Waals surface area contributed by atoms with Gasteiger partial charge in [-0.25, -0.2) is 0 Å². The maximum Gasteiger partial charge on any atom is 0.105 e. The van der Waals surface area contributed by atoms with Gasteiger partial charge in [0, 0.05) is 12.6 Å². The van der Waals surface area contributed by atoms with Crippen molar-refractivity contribution in [2.24, 2.45) is 0 Å². The van der Waals surface area contributed by atoms with Gasteiger partial charge in [0.05, 0.1) is 0 Å². The molecule has 0 spiro atoms. The highest BCUT2D eigenvalue weighted by Crippen LogP contribution is 2.25. The van der Waals surface area contributed by atoms with Crippen molar-refractivity contribution in [3.05, 3.63) is 35.9 Å². The van der Waals surface area contributed by atoms with E-state index in [0.29, 0.717) is 6.04 Å². The van der Waals surface area contributed by atoms with Crippen LogP contribution < -0.4 is 0 Å². The van der Waals surface area contributed by atoms with Gasteiger partial charge in [-0.2, -0.15) is 0 Å². The highest BCUT2D eigenvalue weighted by atomic mass is 16.3. The Morgan fingerprint density at radius 1 is 1.18 bits per heavy atom. The lowest BCUT2D eigenvalue weighted by Crippen LogP contribution is -2.42. The predicted octanol–water partition coefficient (Wildman–Crippen LogP) is 3.16.